The number of rotatable bonds is 2. The molecule has 0 saturated carbocycles. The number of allylic oxidation sites excluding steroid dienone is 2. The summed E-state index contributed by atoms with van der Waals surface area (Å²) < 4.78 is 26.7. The molecule has 0 fully saturated rings. The van der Waals surface area contributed by atoms with E-state index in [9.17, 15) is 18.0 Å². The zero-order valence-corrected chi connectivity index (χ0v) is 13.7. The van der Waals surface area contributed by atoms with Crippen LogP contribution >= 0.6 is 0 Å². The van der Waals surface area contributed by atoms with Gasteiger partial charge in [0.1, 0.15) is 5.70 Å². The molecule has 7 heteroatoms. The van der Waals surface area contributed by atoms with Crippen LogP contribution in [-0.2, 0) is 14.8 Å². The fourth-order valence-electron chi connectivity index (χ4n) is 2.53. The Morgan fingerprint density at radius 3 is 2.32 bits per heavy atom. The van der Waals surface area contributed by atoms with Crippen LogP contribution in [0, 0.1) is 0 Å². The number of carbonyl (C=O) groups excluding carboxylic acids is 2. The second-order valence-corrected chi connectivity index (χ2v) is 7.16. The summed E-state index contributed by atoms with van der Waals surface area (Å²) in [6.45, 7) is 6.19. The number of fused-ring (bicyclic) bond motifs is 1. The second kappa shape index (κ2) is 5.57. The van der Waals surface area contributed by atoms with E-state index in [2.05, 4.69) is 5.32 Å². The van der Waals surface area contributed by atoms with Gasteiger partial charge in [0.25, 0.3) is 10.0 Å². The number of sulfonamides is 1. The summed E-state index contributed by atoms with van der Waals surface area (Å²) in [4.78, 5) is 24.0. The van der Waals surface area contributed by atoms with Crippen molar-refractivity contribution in [2.45, 2.75) is 38.6 Å². The van der Waals surface area contributed by atoms with E-state index in [1.165, 1.54) is 26.0 Å². The molecular weight excluding hydrogens is 304 g/mol. The van der Waals surface area contributed by atoms with Crippen molar-refractivity contribution < 1.29 is 18.0 Å². The second-order valence-electron chi connectivity index (χ2n) is 5.37. The Morgan fingerprint density at radius 1 is 1.18 bits per heavy atom. The number of nitrogens with zero attached hydrogens (tertiary/aromatic N) is 1. The van der Waals surface area contributed by atoms with Gasteiger partial charge in [-0.2, -0.15) is 0 Å². The summed E-state index contributed by atoms with van der Waals surface area (Å²) in [5, 5.41) is 2.51. The lowest BCUT2D eigenvalue weighted by Gasteiger charge is -2.35. The fraction of sp³-hybridized carbons (Fsp3) is 0.333. The monoisotopic (exact) mass is 322 g/mol. The first-order chi connectivity index (χ1) is 10.2. The average Bonchev–Trinajstić information content (AvgIpc) is 2.41. The number of hydrogen-bond donors (Lipinski definition) is 1. The van der Waals surface area contributed by atoms with E-state index in [0.717, 1.165) is 4.31 Å². The van der Waals surface area contributed by atoms with Crippen molar-refractivity contribution in [2.24, 2.45) is 0 Å². The smallest absolute Gasteiger partial charge is 0.265 e. The van der Waals surface area contributed by atoms with Crippen molar-refractivity contribution in [3.8, 4) is 0 Å². The van der Waals surface area contributed by atoms with Gasteiger partial charge in [-0.15, -0.1) is 0 Å². The van der Waals surface area contributed by atoms with Crippen molar-refractivity contribution in [1.29, 1.82) is 0 Å². The number of ketones is 1. The van der Waals surface area contributed by atoms with Crippen molar-refractivity contribution in [3.05, 3.63) is 41.2 Å². The van der Waals surface area contributed by atoms with Gasteiger partial charge in [-0.3, -0.25) is 13.9 Å². The Kier molecular flexibility index (Phi) is 4.10. The molecule has 0 aromatic heterocycles. The summed E-state index contributed by atoms with van der Waals surface area (Å²) in [6.07, 6.45) is 0. The Balaban J connectivity index is 2.80. The van der Waals surface area contributed by atoms with Gasteiger partial charge < -0.3 is 5.32 Å². The lowest BCUT2D eigenvalue weighted by molar-refractivity contribution is -0.118. The molecule has 1 heterocycles. The predicted molar refractivity (Wildman–Crippen MR) is 81.5 cm³/mol. The molecule has 1 N–H and O–H groups in total. The lowest BCUT2D eigenvalue weighted by Crippen LogP contribution is -2.45. The largest absolute Gasteiger partial charge is 0.328 e. The maximum atomic E-state index is 12.8. The van der Waals surface area contributed by atoms with E-state index in [1.54, 1.807) is 26.0 Å². The molecule has 0 radical (unpaired) electrons. The highest BCUT2D eigenvalue weighted by Gasteiger charge is 2.41. The highest BCUT2D eigenvalue weighted by Crippen LogP contribution is 2.34. The molecule has 0 spiro atoms. The maximum absolute atomic E-state index is 12.8. The summed E-state index contributed by atoms with van der Waals surface area (Å²) >= 11 is 0. The zero-order chi connectivity index (χ0) is 16.7. The minimum atomic E-state index is -3.84. The Labute approximate surface area is 129 Å². The normalized spacial score (nSPS) is 19.0. The van der Waals surface area contributed by atoms with Gasteiger partial charge in [0.2, 0.25) is 11.7 Å². The van der Waals surface area contributed by atoms with Gasteiger partial charge in [-0.25, -0.2) is 8.42 Å². The molecule has 0 saturated heterocycles. The third-order valence-corrected chi connectivity index (χ3v) is 5.33. The van der Waals surface area contributed by atoms with E-state index in [-0.39, 0.29) is 27.8 Å². The van der Waals surface area contributed by atoms with Crippen LogP contribution in [-0.4, -0.2) is 30.5 Å². The molecule has 1 aliphatic heterocycles. The molecule has 6 nitrogen and oxygen atoms in total. The molecule has 0 unspecified atom stereocenters. The molecule has 118 valence electrons. The highest BCUT2D eigenvalue weighted by molar-refractivity contribution is 7.89. The standard InChI is InChI=1S/C15H18N2O4S/c1-9(2)17-14(10(3)16-11(4)18)15(19)12-7-5-6-8-13(12)22(17,20)21/h5-9H,1-4H3,(H,16,18). The molecule has 0 atom stereocenters. The third-order valence-electron chi connectivity index (χ3n) is 3.29. The van der Waals surface area contributed by atoms with Gasteiger partial charge >= 0.3 is 0 Å². The van der Waals surface area contributed by atoms with Crippen LogP contribution in [0.25, 0.3) is 0 Å². The molecule has 0 bridgehead atoms. The molecular formula is C15H18N2O4S. The van der Waals surface area contributed by atoms with Gasteiger partial charge in [0.05, 0.1) is 4.90 Å². The minimum Gasteiger partial charge on any atom is -0.328 e. The third kappa shape index (κ3) is 2.52. The number of hydrogen-bond acceptors (Lipinski definition) is 4. The average molecular weight is 322 g/mol. The quantitative estimate of drug-likeness (QED) is 0.839. The summed E-state index contributed by atoms with van der Waals surface area (Å²) in [6, 6.07) is 5.64. The Morgan fingerprint density at radius 2 is 1.77 bits per heavy atom. The van der Waals surface area contributed by atoms with E-state index in [4.69, 9.17) is 0 Å². The van der Waals surface area contributed by atoms with E-state index < -0.39 is 21.8 Å². The maximum Gasteiger partial charge on any atom is 0.265 e. The first-order valence-electron chi connectivity index (χ1n) is 6.84. The van der Waals surface area contributed by atoms with Crippen LogP contribution in [0.2, 0.25) is 0 Å². The summed E-state index contributed by atoms with van der Waals surface area (Å²) in [5.74, 6) is -0.775. The summed E-state index contributed by atoms with van der Waals surface area (Å²) in [5.41, 5.74) is 0.340. The predicted octanol–water partition coefficient (Wildman–Crippen LogP) is 1.65. The molecule has 0 aliphatic carbocycles. The first kappa shape index (κ1) is 16.2. The lowest BCUT2D eigenvalue weighted by atomic mass is 10.1. The van der Waals surface area contributed by atoms with Crippen molar-refractivity contribution >= 4 is 21.7 Å². The van der Waals surface area contributed by atoms with E-state index in [1.807, 2.05) is 0 Å². The molecule has 1 aromatic carbocycles. The van der Waals surface area contributed by atoms with E-state index >= 15 is 0 Å². The number of carbonyl (C=O) groups is 2. The zero-order valence-electron chi connectivity index (χ0n) is 12.9. The van der Waals surface area contributed by atoms with E-state index in [0.29, 0.717) is 0 Å². The molecule has 1 aliphatic rings. The van der Waals surface area contributed by atoms with Crippen molar-refractivity contribution in [2.75, 3.05) is 0 Å². The Bertz CT molecular complexity index is 778. The first-order valence-corrected chi connectivity index (χ1v) is 8.28. The van der Waals surface area contributed by atoms with Gasteiger partial charge in [-0.1, -0.05) is 12.1 Å². The molecule has 22 heavy (non-hydrogen) atoms. The van der Waals surface area contributed by atoms with Crippen molar-refractivity contribution in [3.63, 3.8) is 0 Å². The molecule has 1 aromatic rings. The fourth-order valence-corrected chi connectivity index (χ4v) is 4.44. The SMILES string of the molecule is CC(=O)NC(C)=C1C(=O)c2ccccc2S(=O)(=O)N1C(C)C. The highest BCUT2D eigenvalue weighted by atomic mass is 32.2. The van der Waals surface area contributed by atoms with Crippen LogP contribution in [0.1, 0.15) is 38.1 Å². The molecule has 1 amide bonds. The van der Waals surface area contributed by atoms with Gasteiger partial charge in [0, 0.05) is 24.2 Å². The topological polar surface area (TPSA) is 83.5 Å². The van der Waals surface area contributed by atoms with Crippen LogP contribution in [0.4, 0.5) is 0 Å². The van der Waals surface area contributed by atoms with Gasteiger partial charge in [0.15, 0.2) is 0 Å². The molecule has 2 rings (SSSR count). The number of amides is 1. The van der Waals surface area contributed by atoms with Crippen molar-refractivity contribution in [1.82, 2.24) is 9.62 Å². The minimum absolute atomic E-state index is 0.00641. The number of nitrogens with one attached hydrogen (secondary N) is 1. The van der Waals surface area contributed by atoms with Crippen LogP contribution < -0.4 is 5.32 Å². The van der Waals surface area contributed by atoms with Crippen LogP contribution in [0.3, 0.4) is 0 Å². The van der Waals surface area contributed by atoms with Gasteiger partial charge in [-0.05, 0) is 32.9 Å². The Hall–Kier alpha value is -2.15. The number of Topliss-reactive ketones (excluding diaryl/α,β-unsaturated/α-hetero) is 1. The number of benzene rings is 1. The van der Waals surface area contributed by atoms with Crippen LogP contribution in [0.15, 0.2) is 40.6 Å². The van der Waals surface area contributed by atoms with Crippen LogP contribution in [0.5, 0.6) is 0 Å². The summed E-state index contributed by atoms with van der Waals surface area (Å²) in [7, 11) is -3.84.